The molecule has 3 heteroatoms. The fourth-order valence-electron chi connectivity index (χ4n) is 3.65. The maximum atomic E-state index is 12.8. The van der Waals surface area contributed by atoms with Gasteiger partial charge in [0.25, 0.3) is 0 Å². The predicted molar refractivity (Wildman–Crippen MR) is 100 cm³/mol. The number of carbonyl (C=O) groups is 2. The summed E-state index contributed by atoms with van der Waals surface area (Å²) in [4.78, 5) is 24.5. The van der Waals surface area contributed by atoms with E-state index < -0.39 is 5.92 Å². The molecular weight excluding hydrogens is 312 g/mol. The Morgan fingerprint density at radius 2 is 1.48 bits per heavy atom. The molecule has 4 rings (SSSR count). The Kier molecular flexibility index (Phi) is 3.65. The summed E-state index contributed by atoms with van der Waals surface area (Å²) in [5.41, 5.74) is 0.668. The molecule has 0 aromatic heterocycles. The Balaban J connectivity index is 1.90. The van der Waals surface area contributed by atoms with Gasteiger partial charge in [0.1, 0.15) is 0 Å². The van der Waals surface area contributed by atoms with E-state index in [1.54, 1.807) is 6.92 Å². The number of ether oxygens (including phenoxy) is 1. The van der Waals surface area contributed by atoms with E-state index in [1.165, 1.54) is 23.3 Å². The van der Waals surface area contributed by atoms with Crippen molar-refractivity contribution in [3.05, 3.63) is 60.2 Å². The van der Waals surface area contributed by atoms with Gasteiger partial charge in [-0.2, -0.15) is 0 Å². The highest BCUT2D eigenvalue weighted by Crippen LogP contribution is 2.36. The highest BCUT2D eigenvalue weighted by molar-refractivity contribution is 6.26. The highest BCUT2D eigenvalue weighted by Gasteiger charge is 2.21. The molecule has 0 fully saturated rings. The third kappa shape index (κ3) is 2.43. The van der Waals surface area contributed by atoms with Gasteiger partial charge in [-0.05, 0) is 32.3 Å². The van der Waals surface area contributed by atoms with E-state index in [0.717, 1.165) is 16.2 Å². The van der Waals surface area contributed by atoms with Crippen LogP contribution in [0.2, 0.25) is 0 Å². The first-order valence-corrected chi connectivity index (χ1v) is 8.37. The Morgan fingerprint density at radius 1 is 0.880 bits per heavy atom. The largest absolute Gasteiger partial charge is 0.469 e. The molecule has 124 valence electrons. The van der Waals surface area contributed by atoms with Gasteiger partial charge >= 0.3 is 5.97 Å². The summed E-state index contributed by atoms with van der Waals surface area (Å²) in [5.74, 6) is -0.835. The van der Waals surface area contributed by atoms with Crippen molar-refractivity contribution in [2.24, 2.45) is 5.92 Å². The molecule has 0 radical (unpaired) electrons. The van der Waals surface area contributed by atoms with Crippen LogP contribution >= 0.6 is 0 Å². The molecule has 0 aliphatic heterocycles. The first-order chi connectivity index (χ1) is 12.1. The second kappa shape index (κ2) is 5.85. The Labute approximate surface area is 145 Å². The van der Waals surface area contributed by atoms with Crippen molar-refractivity contribution in [3.63, 3.8) is 0 Å². The van der Waals surface area contributed by atoms with Crippen molar-refractivity contribution in [2.45, 2.75) is 13.3 Å². The molecule has 0 saturated heterocycles. The fourth-order valence-corrected chi connectivity index (χ4v) is 3.65. The zero-order valence-corrected chi connectivity index (χ0v) is 14.2. The molecule has 0 saturated carbocycles. The Bertz CT molecular complexity index is 1090. The lowest BCUT2D eigenvalue weighted by Crippen LogP contribution is -2.17. The van der Waals surface area contributed by atoms with Crippen LogP contribution in [0.3, 0.4) is 0 Å². The van der Waals surface area contributed by atoms with Crippen LogP contribution in [-0.2, 0) is 9.53 Å². The molecular formula is C22H18O3. The normalized spacial score (nSPS) is 12.7. The van der Waals surface area contributed by atoms with E-state index in [1.807, 2.05) is 24.3 Å². The summed E-state index contributed by atoms with van der Waals surface area (Å²) in [6.45, 7) is 1.72. The van der Waals surface area contributed by atoms with E-state index in [2.05, 4.69) is 30.3 Å². The van der Waals surface area contributed by atoms with Gasteiger partial charge in [-0.1, -0.05) is 61.5 Å². The minimum Gasteiger partial charge on any atom is -0.469 e. The molecule has 0 heterocycles. The number of rotatable bonds is 4. The van der Waals surface area contributed by atoms with Gasteiger partial charge in [-0.25, -0.2) is 0 Å². The standard InChI is InChI=1S/C22H18O3/c1-13(22(24)25-2)12-19(23)17-10-8-16-7-6-14-4-3-5-15-9-11-18(17)21(16)20(14)15/h3-11,13H,12H2,1-2H3. The van der Waals surface area contributed by atoms with Crippen molar-refractivity contribution >= 4 is 44.1 Å². The molecule has 4 aromatic carbocycles. The molecule has 0 spiro atoms. The number of carbonyl (C=O) groups excluding carboxylic acids is 2. The Morgan fingerprint density at radius 3 is 2.16 bits per heavy atom. The minimum atomic E-state index is -0.448. The quantitative estimate of drug-likeness (QED) is 0.301. The van der Waals surface area contributed by atoms with Crippen LogP contribution < -0.4 is 0 Å². The molecule has 0 aliphatic carbocycles. The van der Waals surface area contributed by atoms with Crippen LogP contribution in [0.15, 0.2) is 54.6 Å². The maximum Gasteiger partial charge on any atom is 0.308 e. The molecule has 0 aliphatic rings. The van der Waals surface area contributed by atoms with Crippen molar-refractivity contribution < 1.29 is 14.3 Å². The van der Waals surface area contributed by atoms with Crippen LogP contribution in [0.1, 0.15) is 23.7 Å². The average Bonchev–Trinajstić information content (AvgIpc) is 2.65. The van der Waals surface area contributed by atoms with Crippen LogP contribution in [0.4, 0.5) is 0 Å². The zero-order chi connectivity index (χ0) is 17.6. The molecule has 0 amide bonds. The van der Waals surface area contributed by atoms with Crippen LogP contribution in [0.5, 0.6) is 0 Å². The van der Waals surface area contributed by atoms with Gasteiger partial charge in [0.15, 0.2) is 5.78 Å². The minimum absolute atomic E-state index is 0.0316. The maximum absolute atomic E-state index is 12.8. The molecule has 25 heavy (non-hydrogen) atoms. The van der Waals surface area contributed by atoms with Gasteiger partial charge in [0.2, 0.25) is 0 Å². The summed E-state index contributed by atoms with van der Waals surface area (Å²) in [5, 5.41) is 6.72. The second-order valence-corrected chi connectivity index (χ2v) is 6.52. The zero-order valence-electron chi connectivity index (χ0n) is 14.2. The molecule has 4 aromatic rings. The van der Waals surface area contributed by atoms with E-state index in [0.29, 0.717) is 5.56 Å². The van der Waals surface area contributed by atoms with Crippen molar-refractivity contribution in [1.82, 2.24) is 0 Å². The fraction of sp³-hybridized carbons (Fsp3) is 0.182. The number of methoxy groups -OCH3 is 1. The van der Waals surface area contributed by atoms with Gasteiger partial charge in [-0.15, -0.1) is 0 Å². The Hall–Kier alpha value is -2.94. The van der Waals surface area contributed by atoms with Crippen LogP contribution in [0.25, 0.3) is 32.3 Å². The lowest BCUT2D eigenvalue weighted by Gasteiger charge is -2.14. The first kappa shape index (κ1) is 15.6. The van der Waals surface area contributed by atoms with Gasteiger partial charge in [-0.3, -0.25) is 9.59 Å². The lowest BCUT2D eigenvalue weighted by molar-refractivity contribution is -0.144. The summed E-state index contributed by atoms with van der Waals surface area (Å²) >= 11 is 0. The third-order valence-corrected chi connectivity index (χ3v) is 4.92. The summed E-state index contributed by atoms with van der Waals surface area (Å²) < 4.78 is 4.74. The number of ketones is 1. The monoisotopic (exact) mass is 330 g/mol. The van der Waals surface area contributed by atoms with Gasteiger partial charge < -0.3 is 4.74 Å². The number of hydrogen-bond donors (Lipinski definition) is 0. The summed E-state index contributed by atoms with van der Waals surface area (Å²) in [7, 11) is 1.35. The molecule has 1 unspecified atom stereocenters. The van der Waals surface area contributed by atoms with E-state index >= 15 is 0 Å². The number of hydrogen-bond acceptors (Lipinski definition) is 3. The first-order valence-electron chi connectivity index (χ1n) is 8.37. The number of Topliss-reactive ketones (excluding diaryl/α,β-unsaturated/α-hetero) is 1. The molecule has 1 atom stereocenters. The molecule has 0 bridgehead atoms. The summed E-state index contributed by atoms with van der Waals surface area (Å²) in [6.07, 6.45) is 0.149. The highest BCUT2D eigenvalue weighted by atomic mass is 16.5. The topological polar surface area (TPSA) is 43.4 Å². The average molecular weight is 330 g/mol. The van der Waals surface area contributed by atoms with Gasteiger partial charge in [0, 0.05) is 12.0 Å². The SMILES string of the molecule is COC(=O)C(C)CC(=O)c1ccc2ccc3cccc4ccc1c2c34. The molecule has 0 N–H and O–H groups in total. The van der Waals surface area contributed by atoms with E-state index in [9.17, 15) is 9.59 Å². The molecule has 3 nitrogen and oxygen atoms in total. The van der Waals surface area contributed by atoms with Crippen LogP contribution in [-0.4, -0.2) is 18.9 Å². The third-order valence-electron chi connectivity index (χ3n) is 4.92. The van der Waals surface area contributed by atoms with E-state index in [-0.39, 0.29) is 18.2 Å². The second-order valence-electron chi connectivity index (χ2n) is 6.52. The van der Waals surface area contributed by atoms with Crippen LogP contribution in [0, 0.1) is 5.92 Å². The number of benzene rings is 4. The van der Waals surface area contributed by atoms with Crippen molar-refractivity contribution in [1.29, 1.82) is 0 Å². The summed E-state index contributed by atoms with van der Waals surface area (Å²) in [6, 6.07) is 18.4. The predicted octanol–water partition coefficient (Wildman–Crippen LogP) is 4.97. The van der Waals surface area contributed by atoms with Crippen molar-refractivity contribution in [2.75, 3.05) is 7.11 Å². The number of esters is 1. The van der Waals surface area contributed by atoms with Crippen molar-refractivity contribution in [3.8, 4) is 0 Å². The lowest BCUT2D eigenvalue weighted by atomic mass is 9.89. The van der Waals surface area contributed by atoms with Gasteiger partial charge in [0.05, 0.1) is 13.0 Å². The smallest absolute Gasteiger partial charge is 0.308 e. The van der Waals surface area contributed by atoms with E-state index in [4.69, 9.17) is 4.74 Å².